The molecular formula is C18H24N2O2. The molecule has 0 aromatic heterocycles. The topological polar surface area (TPSA) is 49.4 Å². The molecular weight excluding hydrogens is 276 g/mol. The summed E-state index contributed by atoms with van der Waals surface area (Å²) in [7, 11) is 1.82. The van der Waals surface area contributed by atoms with Gasteiger partial charge in [-0.2, -0.15) is 0 Å². The van der Waals surface area contributed by atoms with E-state index in [1.54, 1.807) is 4.90 Å². The molecule has 3 rings (SSSR count). The van der Waals surface area contributed by atoms with Crippen molar-refractivity contribution in [3.63, 3.8) is 0 Å². The number of nitrogens with one attached hydrogen (secondary N) is 1. The first kappa shape index (κ1) is 15.1. The van der Waals surface area contributed by atoms with Gasteiger partial charge in [-0.1, -0.05) is 43.2 Å². The molecule has 0 spiro atoms. The number of nitrogens with zero attached hydrogens (tertiary/aromatic N) is 1. The van der Waals surface area contributed by atoms with Gasteiger partial charge in [-0.15, -0.1) is 0 Å². The van der Waals surface area contributed by atoms with Crippen LogP contribution in [-0.2, 0) is 16.1 Å². The fourth-order valence-electron chi connectivity index (χ4n) is 3.35. The number of benzene rings is 1. The maximum Gasteiger partial charge on any atom is 0.226 e. The van der Waals surface area contributed by atoms with Gasteiger partial charge in [0, 0.05) is 19.6 Å². The van der Waals surface area contributed by atoms with E-state index < -0.39 is 0 Å². The van der Waals surface area contributed by atoms with Crippen molar-refractivity contribution < 1.29 is 9.59 Å². The highest BCUT2D eigenvalue weighted by Crippen LogP contribution is 2.40. The maximum atomic E-state index is 12.4. The lowest BCUT2D eigenvalue weighted by atomic mass is 10.2. The Balaban J connectivity index is 1.48. The molecule has 4 nitrogen and oxygen atoms in total. The van der Waals surface area contributed by atoms with Crippen LogP contribution in [0.3, 0.4) is 0 Å². The van der Waals surface area contributed by atoms with Crippen molar-refractivity contribution in [2.24, 2.45) is 11.8 Å². The van der Waals surface area contributed by atoms with Crippen LogP contribution in [0.25, 0.3) is 0 Å². The van der Waals surface area contributed by atoms with Gasteiger partial charge in [-0.3, -0.25) is 9.59 Å². The van der Waals surface area contributed by atoms with Crippen molar-refractivity contribution in [2.45, 2.75) is 44.7 Å². The molecule has 0 saturated heterocycles. The molecule has 2 aliphatic carbocycles. The lowest BCUT2D eigenvalue weighted by Crippen LogP contribution is -2.35. The predicted octanol–water partition coefficient (Wildman–Crippen LogP) is 2.34. The SMILES string of the molecule is CN(Cc1ccccc1)C(=O)C1CC1C(=O)NC1CCCC1. The second kappa shape index (κ2) is 6.51. The van der Waals surface area contributed by atoms with Crippen LogP contribution < -0.4 is 5.32 Å². The van der Waals surface area contributed by atoms with E-state index in [4.69, 9.17) is 0 Å². The van der Waals surface area contributed by atoms with Crippen LogP contribution in [0, 0.1) is 11.8 Å². The Morgan fingerprint density at radius 3 is 2.50 bits per heavy atom. The minimum atomic E-state index is -0.116. The van der Waals surface area contributed by atoms with Gasteiger partial charge in [-0.25, -0.2) is 0 Å². The van der Waals surface area contributed by atoms with Gasteiger partial charge in [-0.05, 0) is 24.8 Å². The molecule has 4 heteroatoms. The van der Waals surface area contributed by atoms with Crippen LogP contribution in [0.4, 0.5) is 0 Å². The molecule has 0 aliphatic heterocycles. The number of carbonyl (C=O) groups is 2. The third-order valence-electron chi connectivity index (χ3n) is 4.78. The zero-order valence-corrected chi connectivity index (χ0v) is 13.1. The van der Waals surface area contributed by atoms with Gasteiger partial charge in [0.25, 0.3) is 0 Å². The van der Waals surface area contributed by atoms with Crippen molar-refractivity contribution >= 4 is 11.8 Å². The van der Waals surface area contributed by atoms with E-state index in [-0.39, 0.29) is 23.7 Å². The molecule has 1 aromatic carbocycles. The summed E-state index contributed by atoms with van der Waals surface area (Å²) in [4.78, 5) is 26.3. The Labute approximate surface area is 131 Å². The van der Waals surface area contributed by atoms with Crippen LogP contribution in [0.2, 0.25) is 0 Å². The molecule has 2 amide bonds. The summed E-state index contributed by atoms with van der Waals surface area (Å²) in [5, 5.41) is 3.10. The number of rotatable bonds is 5. The average Bonchev–Trinajstić information content (AvgIpc) is 3.17. The molecule has 1 aromatic rings. The Hall–Kier alpha value is -1.84. The molecule has 0 heterocycles. The molecule has 118 valence electrons. The summed E-state index contributed by atoms with van der Waals surface area (Å²) in [6, 6.07) is 10.3. The van der Waals surface area contributed by atoms with Crippen molar-refractivity contribution in [3.05, 3.63) is 35.9 Å². The first-order valence-corrected chi connectivity index (χ1v) is 8.24. The minimum Gasteiger partial charge on any atom is -0.353 e. The smallest absolute Gasteiger partial charge is 0.226 e. The third-order valence-corrected chi connectivity index (χ3v) is 4.78. The minimum absolute atomic E-state index is 0.0818. The van der Waals surface area contributed by atoms with Gasteiger partial charge < -0.3 is 10.2 Å². The Morgan fingerprint density at radius 1 is 1.14 bits per heavy atom. The van der Waals surface area contributed by atoms with Crippen LogP contribution in [0.5, 0.6) is 0 Å². The number of carbonyl (C=O) groups excluding carboxylic acids is 2. The fourth-order valence-corrected chi connectivity index (χ4v) is 3.35. The highest BCUT2D eigenvalue weighted by Gasteiger charge is 2.49. The van der Waals surface area contributed by atoms with E-state index in [0.717, 1.165) is 18.4 Å². The number of hydrogen-bond acceptors (Lipinski definition) is 2. The van der Waals surface area contributed by atoms with Gasteiger partial charge in [0.2, 0.25) is 11.8 Å². The number of hydrogen-bond donors (Lipinski definition) is 1. The van der Waals surface area contributed by atoms with E-state index in [9.17, 15) is 9.59 Å². The van der Waals surface area contributed by atoms with E-state index in [2.05, 4.69) is 5.32 Å². The monoisotopic (exact) mass is 300 g/mol. The van der Waals surface area contributed by atoms with E-state index in [0.29, 0.717) is 19.0 Å². The van der Waals surface area contributed by atoms with Crippen LogP contribution >= 0.6 is 0 Å². The molecule has 1 N–H and O–H groups in total. The highest BCUT2D eigenvalue weighted by molar-refractivity contribution is 5.92. The van der Waals surface area contributed by atoms with Crippen molar-refractivity contribution in [3.8, 4) is 0 Å². The van der Waals surface area contributed by atoms with Crippen LogP contribution in [0.15, 0.2) is 30.3 Å². The first-order chi connectivity index (χ1) is 10.6. The number of amides is 2. The molecule has 2 saturated carbocycles. The molecule has 0 radical (unpaired) electrons. The lowest BCUT2D eigenvalue weighted by Gasteiger charge is -2.17. The Bertz CT molecular complexity index is 537. The second-order valence-corrected chi connectivity index (χ2v) is 6.62. The normalized spacial score (nSPS) is 24.0. The standard InChI is InChI=1S/C18H24N2O2/c1-20(12-13-7-3-2-4-8-13)18(22)16-11-15(16)17(21)19-14-9-5-6-10-14/h2-4,7-8,14-16H,5-6,9-12H2,1H3,(H,19,21). The molecule has 2 aliphatic rings. The predicted molar refractivity (Wildman–Crippen MR) is 84.9 cm³/mol. The summed E-state index contributed by atoms with van der Waals surface area (Å²) in [6.07, 6.45) is 5.29. The fraction of sp³-hybridized carbons (Fsp3) is 0.556. The van der Waals surface area contributed by atoms with Crippen LogP contribution in [-0.4, -0.2) is 29.8 Å². The van der Waals surface area contributed by atoms with E-state index >= 15 is 0 Å². The Kier molecular flexibility index (Phi) is 4.46. The van der Waals surface area contributed by atoms with Gasteiger partial charge >= 0.3 is 0 Å². The Morgan fingerprint density at radius 2 is 1.82 bits per heavy atom. The first-order valence-electron chi connectivity index (χ1n) is 8.24. The van der Waals surface area contributed by atoms with Crippen LogP contribution in [0.1, 0.15) is 37.7 Å². The van der Waals surface area contributed by atoms with Gasteiger partial charge in [0.1, 0.15) is 0 Å². The maximum absolute atomic E-state index is 12.4. The van der Waals surface area contributed by atoms with Gasteiger partial charge in [0.15, 0.2) is 0 Å². The van der Waals surface area contributed by atoms with E-state index in [1.165, 1.54) is 12.8 Å². The molecule has 2 atom stereocenters. The quantitative estimate of drug-likeness (QED) is 0.907. The van der Waals surface area contributed by atoms with E-state index in [1.807, 2.05) is 37.4 Å². The summed E-state index contributed by atoms with van der Waals surface area (Å²) in [5.41, 5.74) is 1.12. The zero-order valence-electron chi connectivity index (χ0n) is 13.1. The molecule has 2 fully saturated rings. The summed E-state index contributed by atoms with van der Waals surface area (Å²) >= 11 is 0. The van der Waals surface area contributed by atoms with Crippen molar-refractivity contribution in [2.75, 3.05) is 7.05 Å². The third kappa shape index (κ3) is 3.49. The average molecular weight is 300 g/mol. The summed E-state index contributed by atoms with van der Waals surface area (Å²) < 4.78 is 0. The van der Waals surface area contributed by atoms with Gasteiger partial charge in [0.05, 0.1) is 11.8 Å². The van der Waals surface area contributed by atoms with Crippen molar-refractivity contribution in [1.29, 1.82) is 0 Å². The highest BCUT2D eigenvalue weighted by atomic mass is 16.2. The second-order valence-electron chi connectivity index (χ2n) is 6.62. The molecule has 22 heavy (non-hydrogen) atoms. The zero-order chi connectivity index (χ0) is 15.5. The lowest BCUT2D eigenvalue weighted by molar-refractivity contribution is -0.134. The summed E-state index contributed by atoms with van der Waals surface area (Å²) in [5.74, 6) is -0.0461. The largest absolute Gasteiger partial charge is 0.353 e. The molecule has 2 unspecified atom stereocenters. The molecule has 0 bridgehead atoms. The summed E-state index contributed by atoms with van der Waals surface area (Å²) in [6.45, 7) is 0.604. The van der Waals surface area contributed by atoms with Crippen molar-refractivity contribution in [1.82, 2.24) is 10.2 Å².